The first-order chi connectivity index (χ1) is 16.3. The lowest BCUT2D eigenvalue weighted by Gasteiger charge is -2.35. The predicted molar refractivity (Wildman–Crippen MR) is 133 cm³/mol. The summed E-state index contributed by atoms with van der Waals surface area (Å²) >= 11 is 6.38. The van der Waals surface area contributed by atoms with E-state index >= 15 is 0 Å². The fourth-order valence-corrected chi connectivity index (χ4v) is 4.16. The highest BCUT2D eigenvalue weighted by molar-refractivity contribution is 6.49. The van der Waals surface area contributed by atoms with E-state index in [4.69, 9.17) is 27.2 Å². The average molecular weight is 505 g/mol. The van der Waals surface area contributed by atoms with Gasteiger partial charge in [0, 0.05) is 36.5 Å². The van der Waals surface area contributed by atoms with Crippen LogP contribution in [0.5, 0.6) is 0 Å². The smallest absolute Gasteiger partial charge is 0.320 e. The van der Waals surface area contributed by atoms with Gasteiger partial charge in [-0.15, -0.1) is 0 Å². The molecule has 1 aliphatic heterocycles. The van der Waals surface area contributed by atoms with E-state index in [1.807, 2.05) is 19.1 Å². The third-order valence-corrected chi connectivity index (χ3v) is 6.41. The minimum absolute atomic E-state index is 0.143. The number of ketones is 2. The number of rotatable bonds is 10. The second-order valence-corrected chi connectivity index (χ2v) is 9.41. The Balaban J connectivity index is 2.49. The zero-order valence-electron chi connectivity index (χ0n) is 20.8. The number of carbonyl (C=O) groups is 4. The van der Waals surface area contributed by atoms with Gasteiger partial charge < -0.3 is 20.5 Å². The first-order valence-corrected chi connectivity index (χ1v) is 11.9. The summed E-state index contributed by atoms with van der Waals surface area (Å²) in [6, 6.07) is -0.998. The molecule has 2 rings (SSSR count). The summed E-state index contributed by atoms with van der Waals surface area (Å²) in [5.74, 6) is -2.90. The van der Waals surface area contributed by atoms with Crippen LogP contribution < -0.4 is 5.73 Å². The minimum Gasteiger partial charge on any atom is -0.480 e. The third-order valence-electron chi connectivity index (χ3n) is 6.03. The molecule has 3 N–H and O–H groups in total. The van der Waals surface area contributed by atoms with Crippen molar-refractivity contribution in [2.45, 2.75) is 65.5 Å². The summed E-state index contributed by atoms with van der Waals surface area (Å²) in [6.07, 6.45) is 10.8. The van der Waals surface area contributed by atoms with Gasteiger partial charge in [-0.3, -0.25) is 19.2 Å². The maximum atomic E-state index is 13.3. The number of carbonyl (C=O) groups excluding carboxylic acids is 3. The summed E-state index contributed by atoms with van der Waals surface area (Å²) in [4.78, 5) is 50.6. The molecule has 0 aromatic carbocycles. The first-order valence-electron chi connectivity index (χ1n) is 11.6. The van der Waals surface area contributed by atoms with Crippen LogP contribution >= 0.6 is 11.6 Å². The standard InChI is InChI=1S/C26H33ClN2O6/c1-6-15(2)12-16(3)9-10-18-13-19-20(14-29(18)11-7-8-21(28)25(33)34)23(31)26(5,35-17(4)30)24(32)22(19)27/h9-10,12-15,21H,6-8,11,28H2,1-5H3,(H,33,34)/b10-9+,16-12+. The average Bonchev–Trinajstić information content (AvgIpc) is 2.79. The molecule has 190 valence electrons. The van der Waals surface area contributed by atoms with Crippen LogP contribution in [0.3, 0.4) is 0 Å². The number of ether oxygens (including phenoxy) is 1. The zero-order chi connectivity index (χ0) is 26.5. The molecule has 0 fully saturated rings. The second kappa shape index (κ2) is 11.6. The van der Waals surface area contributed by atoms with E-state index in [2.05, 4.69) is 19.9 Å². The molecule has 35 heavy (non-hydrogen) atoms. The van der Waals surface area contributed by atoms with Crippen LogP contribution in [-0.4, -0.2) is 51.7 Å². The summed E-state index contributed by atoms with van der Waals surface area (Å²) in [5.41, 5.74) is 5.69. The molecule has 9 heteroatoms. The van der Waals surface area contributed by atoms with Crippen LogP contribution in [0.15, 0.2) is 58.0 Å². The van der Waals surface area contributed by atoms with Gasteiger partial charge in [0.25, 0.3) is 0 Å². The number of carboxylic acid groups (broad SMARTS) is 1. The van der Waals surface area contributed by atoms with Gasteiger partial charge in [-0.1, -0.05) is 49.6 Å². The van der Waals surface area contributed by atoms with E-state index in [0.717, 1.165) is 18.9 Å². The van der Waals surface area contributed by atoms with Crippen molar-refractivity contribution in [3.63, 3.8) is 0 Å². The van der Waals surface area contributed by atoms with Crippen molar-refractivity contribution in [3.05, 3.63) is 58.0 Å². The Kier molecular flexibility index (Phi) is 9.40. The van der Waals surface area contributed by atoms with Crippen molar-refractivity contribution in [2.24, 2.45) is 11.7 Å². The molecule has 0 aromatic rings. The molecule has 0 amide bonds. The molecule has 0 bridgehead atoms. The Morgan fingerprint density at radius 1 is 1.29 bits per heavy atom. The number of fused-ring (bicyclic) bond motifs is 1. The zero-order valence-corrected chi connectivity index (χ0v) is 21.5. The van der Waals surface area contributed by atoms with Crippen LogP contribution in [0, 0.1) is 5.92 Å². The molecule has 8 nitrogen and oxygen atoms in total. The first kappa shape index (κ1) is 28.3. The van der Waals surface area contributed by atoms with Crippen LogP contribution in [0.25, 0.3) is 0 Å². The van der Waals surface area contributed by atoms with Gasteiger partial charge in [0.1, 0.15) is 6.04 Å². The van der Waals surface area contributed by atoms with Crippen molar-refractivity contribution in [3.8, 4) is 0 Å². The quantitative estimate of drug-likeness (QED) is 0.261. The van der Waals surface area contributed by atoms with E-state index in [1.54, 1.807) is 17.2 Å². The van der Waals surface area contributed by atoms with Crippen LogP contribution in [0.2, 0.25) is 0 Å². The molecule has 0 aromatic heterocycles. The Bertz CT molecular complexity index is 1070. The summed E-state index contributed by atoms with van der Waals surface area (Å²) < 4.78 is 5.11. The minimum atomic E-state index is -2.05. The summed E-state index contributed by atoms with van der Waals surface area (Å²) in [7, 11) is 0. The fraction of sp³-hybridized carbons (Fsp3) is 0.462. The number of nitrogens with two attached hydrogens (primary N) is 1. The van der Waals surface area contributed by atoms with Gasteiger partial charge in [0.2, 0.25) is 17.2 Å². The van der Waals surface area contributed by atoms with Gasteiger partial charge >= 0.3 is 11.9 Å². The molecule has 0 saturated heterocycles. The van der Waals surface area contributed by atoms with E-state index in [1.165, 1.54) is 6.92 Å². The summed E-state index contributed by atoms with van der Waals surface area (Å²) in [6.45, 7) is 8.92. The topological polar surface area (TPSA) is 127 Å². The number of allylic oxidation sites excluding steroid dienone is 6. The number of Topliss-reactive ketones (excluding diaryl/α,β-unsaturated/α-hetero) is 2. The number of nitrogens with zero attached hydrogens (tertiary/aromatic N) is 1. The van der Waals surface area contributed by atoms with E-state index < -0.39 is 35.1 Å². The van der Waals surface area contributed by atoms with Gasteiger partial charge in [-0.05, 0) is 44.8 Å². The number of hydrogen-bond acceptors (Lipinski definition) is 7. The molecule has 1 heterocycles. The van der Waals surface area contributed by atoms with Crippen LogP contribution in [0.1, 0.15) is 53.9 Å². The molecule has 2 aliphatic rings. The molecule has 0 spiro atoms. The van der Waals surface area contributed by atoms with Crippen molar-refractivity contribution >= 4 is 35.1 Å². The largest absolute Gasteiger partial charge is 0.480 e. The van der Waals surface area contributed by atoms with Crippen LogP contribution in [-0.2, 0) is 23.9 Å². The number of aliphatic carboxylic acids is 1. The maximum Gasteiger partial charge on any atom is 0.320 e. The highest BCUT2D eigenvalue weighted by atomic mass is 35.5. The van der Waals surface area contributed by atoms with Crippen molar-refractivity contribution in [1.29, 1.82) is 0 Å². The monoisotopic (exact) mass is 504 g/mol. The highest BCUT2D eigenvalue weighted by Crippen LogP contribution is 2.39. The number of carboxylic acids is 1. The van der Waals surface area contributed by atoms with E-state index in [0.29, 0.717) is 24.6 Å². The van der Waals surface area contributed by atoms with Gasteiger partial charge in [0.15, 0.2) is 0 Å². The lowest BCUT2D eigenvalue weighted by molar-refractivity contribution is -0.167. The maximum absolute atomic E-state index is 13.3. The molecule has 1 aliphatic carbocycles. The molecule has 3 atom stereocenters. The normalized spacial score (nSPS) is 22.6. The SMILES string of the molecule is CCC(C)/C=C(C)/C=C/C1=CC2=C(Cl)C(=O)C(C)(OC(C)=O)C(=O)C2=CN1CCCC(N)C(=O)O. The van der Waals surface area contributed by atoms with Crippen molar-refractivity contribution < 1.29 is 29.0 Å². The van der Waals surface area contributed by atoms with Gasteiger partial charge in [0.05, 0.1) is 5.03 Å². The Morgan fingerprint density at radius 2 is 1.94 bits per heavy atom. The van der Waals surface area contributed by atoms with Crippen molar-refractivity contribution in [1.82, 2.24) is 4.90 Å². The van der Waals surface area contributed by atoms with Gasteiger partial charge in [-0.2, -0.15) is 0 Å². The fourth-order valence-electron chi connectivity index (χ4n) is 3.82. The Hall–Kier alpha value is -2.97. The van der Waals surface area contributed by atoms with E-state index in [9.17, 15) is 19.2 Å². The summed E-state index contributed by atoms with van der Waals surface area (Å²) in [5, 5.41) is 8.87. The molecule has 3 unspecified atom stereocenters. The predicted octanol–water partition coefficient (Wildman–Crippen LogP) is 3.78. The Morgan fingerprint density at radius 3 is 2.51 bits per heavy atom. The lowest BCUT2D eigenvalue weighted by atomic mass is 9.79. The molecule has 0 saturated carbocycles. The molecule has 0 radical (unpaired) electrons. The van der Waals surface area contributed by atoms with Gasteiger partial charge in [-0.25, -0.2) is 0 Å². The third kappa shape index (κ3) is 6.58. The Labute approximate surface area is 210 Å². The second-order valence-electron chi connectivity index (χ2n) is 9.03. The van der Waals surface area contributed by atoms with Crippen LogP contribution in [0.4, 0.5) is 0 Å². The number of halogens is 1. The van der Waals surface area contributed by atoms with Crippen molar-refractivity contribution in [2.75, 3.05) is 6.54 Å². The number of esters is 1. The molecular formula is C26H33ClN2O6. The molecular weight excluding hydrogens is 472 g/mol. The highest BCUT2D eigenvalue weighted by Gasteiger charge is 2.52. The van der Waals surface area contributed by atoms with E-state index in [-0.39, 0.29) is 22.6 Å². The lowest BCUT2D eigenvalue weighted by Crippen LogP contribution is -2.52. The number of hydrogen-bond donors (Lipinski definition) is 2.